The predicted molar refractivity (Wildman–Crippen MR) is 63.6 cm³/mol. The van der Waals surface area contributed by atoms with Crippen molar-refractivity contribution in [3.05, 3.63) is 52.8 Å². The molecule has 2 rings (SSSR count). The molecule has 0 spiro atoms. The number of aromatic nitrogens is 1. The molecule has 1 aliphatic rings. The van der Waals surface area contributed by atoms with Gasteiger partial charge in [-0.1, -0.05) is 24.3 Å². The molecule has 1 aliphatic carbocycles. The largest absolute Gasteiger partial charge is 0.395 e. The van der Waals surface area contributed by atoms with Gasteiger partial charge >= 0.3 is 0 Å². The van der Waals surface area contributed by atoms with E-state index in [4.69, 9.17) is 0 Å². The van der Waals surface area contributed by atoms with Crippen molar-refractivity contribution in [3.63, 3.8) is 0 Å². The highest BCUT2D eigenvalue weighted by Crippen LogP contribution is 2.32. The molecule has 1 heterocycles. The van der Waals surface area contributed by atoms with Crippen LogP contribution < -0.4 is 0 Å². The van der Waals surface area contributed by atoms with E-state index in [0.717, 1.165) is 16.5 Å². The van der Waals surface area contributed by atoms with Gasteiger partial charge in [-0.2, -0.15) is 0 Å². The van der Waals surface area contributed by atoms with E-state index in [0.29, 0.717) is 0 Å². The van der Waals surface area contributed by atoms with Gasteiger partial charge in [-0.15, -0.1) is 0 Å². The lowest BCUT2D eigenvalue weighted by atomic mass is 9.77. The minimum Gasteiger partial charge on any atom is -0.395 e. The third-order valence-electron chi connectivity index (χ3n) is 2.71. The van der Waals surface area contributed by atoms with Gasteiger partial charge in [-0.25, -0.2) is 0 Å². The van der Waals surface area contributed by atoms with Crippen molar-refractivity contribution >= 4 is 15.9 Å². The lowest BCUT2D eigenvalue weighted by molar-refractivity contribution is 0.224. The van der Waals surface area contributed by atoms with E-state index in [1.54, 1.807) is 6.20 Å². The lowest BCUT2D eigenvalue weighted by Crippen LogP contribution is -2.28. The quantitative estimate of drug-likeness (QED) is 0.892. The van der Waals surface area contributed by atoms with E-state index in [1.807, 2.05) is 30.5 Å². The Bertz CT molecular complexity index is 414. The van der Waals surface area contributed by atoms with Crippen molar-refractivity contribution in [2.75, 3.05) is 6.61 Å². The smallest absolute Gasteiger partial charge is 0.0566 e. The second kappa shape index (κ2) is 4.29. The highest BCUT2D eigenvalue weighted by Gasteiger charge is 2.28. The number of halogens is 1. The second-order valence-electron chi connectivity index (χ2n) is 3.70. The van der Waals surface area contributed by atoms with Crippen LogP contribution in [0.3, 0.4) is 0 Å². The van der Waals surface area contributed by atoms with Gasteiger partial charge in [0.05, 0.1) is 6.61 Å². The van der Waals surface area contributed by atoms with Crippen LogP contribution in [0.4, 0.5) is 0 Å². The molecule has 1 aromatic rings. The minimum absolute atomic E-state index is 0.103. The van der Waals surface area contributed by atoms with Crippen molar-refractivity contribution in [2.45, 2.75) is 11.8 Å². The topological polar surface area (TPSA) is 33.1 Å². The summed E-state index contributed by atoms with van der Waals surface area (Å²) in [6.07, 6.45) is 12.5. The number of allylic oxidation sites excluding steroid dienone is 3. The standard InChI is InChI=1S/C12H12BrNO/c13-11-6-10(7-14-8-11)12(9-15)4-2-1-3-5-12/h1-4,6-8,15H,5,9H2. The fourth-order valence-corrected chi connectivity index (χ4v) is 2.14. The molecule has 0 aliphatic heterocycles. The first-order chi connectivity index (χ1) is 7.27. The molecule has 0 saturated carbocycles. The molecule has 1 N–H and O–H groups in total. The van der Waals surface area contributed by atoms with Gasteiger partial charge in [-0.05, 0) is 34.0 Å². The summed E-state index contributed by atoms with van der Waals surface area (Å²) in [5.41, 5.74) is 0.742. The van der Waals surface area contributed by atoms with Gasteiger partial charge in [0.2, 0.25) is 0 Å². The van der Waals surface area contributed by atoms with Gasteiger partial charge in [0, 0.05) is 22.3 Å². The monoisotopic (exact) mass is 265 g/mol. The van der Waals surface area contributed by atoms with Crippen LogP contribution in [0.15, 0.2) is 47.2 Å². The highest BCUT2D eigenvalue weighted by molar-refractivity contribution is 9.10. The minimum atomic E-state index is -0.300. The Hall–Kier alpha value is -0.930. The van der Waals surface area contributed by atoms with Crippen molar-refractivity contribution in [3.8, 4) is 0 Å². The average molecular weight is 266 g/mol. The Kier molecular flexibility index (Phi) is 3.03. The van der Waals surface area contributed by atoms with Gasteiger partial charge in [-0.3, -0.25) is 4.98 Å². The third kappa shape index (κ3) is 2.03. The summed E-state index contributed by atoms with van der Waals surface area (Å²) in [4.78, 5) is 4.14. The molecule has 3 heteroatoms. The molecular weight excluding hydrogens is 254 g/mol. The average Bonchev–Trinajstić information content (AvgIpc) is 2.30. The Morgan fingerprint density at radius 1 is 1.40 bits per heavy atom. The summed E-state index contributed by atoms with van der Waals surface area (Å²) in [5.74, 6) is 0. The summed E-state index contributed by atoms with van der Waals surface area (Å²) in [6, 6.07) is 2.01. The number of nitrogens with zero attached hydrogens (tertiary/aromatic N) is 1. The summed E-state index contributed by atoms with van der Waals surface area (Å²) < 4.78 is 0.941. The molecule has 15 heavy (non-hydrogen) atoms. The molecule has 1 unspecified atom stereocenters. The number of aliphatic hydroxyl groups excluding tert-OH is 1. The van der Waals surface area contributed by atoms with Crippen LogP contribution in [0.5, 0.6) is 0 Å². The van der Waals surface area contributed by atoms with Crippen molar-refractivity contribution in [1.29, 1.82) is 0 Å². The number of hydrogen-bond donors (Lipinski definition) is 1. The molecular formula is C12H12BrNO. The summed E-state index contributed by atoms with van der Waals surface area (Å²) >= 11 is 3.40. The number of rotatable bonds is 2. The van der Waals surface area contributed by atoms with Crippen LogP contribution in [0, 0.1) is 0 Å². The van der Waals surface area contributed by atoms with Gasteiger partial charge < -0.3 is 5.11 Å². The fraction of sp³-hybridized carbons (Fsp3) is 0.250. The normalized spacial score (nSPS) is 24.4. The Labute approximate surface area is 97.5 Å². The molecule has 1 aromatic heterocycles. The number of aliphatic hydroxyl groups is 1. The summed E-state index contributed by atoms with van der Waals surface area (Å²) in [5, 5.41) is 9.56. The zero-order valence-corrected chi connectivity index (χ0v) is 9.81. The molecule has 0 saturated heterocycles. The number of pyridine rings is 1. The SMILES string of the molecule is OCC1(c2cncc(Br)c2)C=CC=CC1. The van der Waals surface area contributed by atoms with Crippen molar-refractivity contribution < 1.29 is 5.11 Å². The Morgan fingerprint density at radius 3 is 2.87 bits per heavy atom. The first-order valence-corrected chi connectivity index (χ1v) is 5.62. The van der Waals surface area contributed by atoms with Crippen molar-refractivity contribution in [1.82, 2.24) is 4.98 Å². The molecule has 0 amide bonds. The zero-order valence-electron chi connectivity index (χ0n) is 8.23. The molecule has 2 nitrogen and oxygen atoms in total. The van der Waals surface area contributed by atoms with Crippen LogP contribution in [0.1, 0.15) is 12.0 Å². The molecule has 0 radical (unpaired) electrons. The van der Waals surface area contributed by atoms with Crippen LogP contribution in [-0.2, 0) is 5.41 Å². The van der Waals surface area contributed by atoms with E-state index in [-0.39, 0.29) is 12.0 Å². The van der Waals surface area contributed by atoms with Crippen LogP contribution in [0.2, 0.25) is 0 Å². The summed E-state index contributed by atoms with van der Waals surface area (Å²) in [7, 11) is 0. The van der Waals surface area contributed by atoms with Gasteiger partial charge in [0.25, 0.3) is 0 Å². The fourth-order valence-electron chi connectivity index (χ4n) is 1.77. The Balaban J connectivity index is 2.42. The summed E-state index contributed by atoms with van der Waals surface area (Å²) in [6.45, 7) is 0.103. The molecule has 0 aromatic carbocycles. The van der Waals surface area contributed by atoms with Crippen LogP contribution in [0.25, 0.3) is 0 Å². The highest BCUT2D eigenvalue weighted by atomic mass is 79.9. The zero-order chi connectivity index (χ0) is 10.7. The van der Waals surface area contributed by atoms with Crippen molar-refractivity contribution in [2.24, 2.45) is 0 Å². The molecule has 78 valence electrons. The van der Waals surface area contributed by atoms with E-state index < -0.39 is 0 Å². The maximum atomic E-state index is 9.56. The third-order valence-corrected chi connectivity index (χ3v) is 3.14. The first kappa shape index (κ1) is 10.6. The van der Waals surface area contributed by atoms with E-state index in [1.165, 1.54) is 0 Å². The molecule has 0 bridgehead atoms. The van der Waals surface area contributed by atoms with Gasteiger partial charge in [0.1, 0.15) is 0 Å². The van der Waals surface area contributed by atoms with Crippen LogP contribution in [-0.4, -0.2) is 16.7 Å². The van der Waals surface area contributed by atoms with E-state index in [2.05, 4.69) is 27.0 Å². The maximum absolute atomic E-state index is 9.56. The predicted octanol–water partition coefficient (Wildman–Crippen LogP) is 2.59. The maximum Gasteiger partial charge on any atom is 0.0566 e. The van der Waals surface area contributed by atoms with Crippen LogP contribution >= 0.6 is 15.9 Å². The van der Waals surface area contributed by atoms with E-state index >= 15 is 0 Å². The lowest BCUT2D eigenvalue weighted by Gasteiger charge is -2.29. The Morgan fingerprint density at radius 2 is 2.27 bits per heavy atom. The first-order valence-electron chi connectivity index (χ1n) is 4.83. The second-order valence-corrected chi connectivity index (χ2v) is 4.61. The molecule has 0 fully saturated rings. The number of hydrogen-bond acceptors (Lipinski definition) is 2. The molecule has 1 atom stereocenters. The van der Waals surface area contributed by atoms with Gasteiger partial charge in [0.15, 0.2) is 0 Å². The van der Waals surface area contributed by atoms with E-state index in [9.17, 15) is 5.11 Å².